The molecule has 2 amide bonds. The Morgan fingerprint density at radius 1 is 1.16 bits per heavy atom. The number of hydrogen-bond donors (Lipinski definition) is 1. The Morgan fingerprint density at radius 2 is 1.84 bits per heavy atom. The predicted octanol–water partition coefficient (Wildman–Crippen LogP) is 4.95. The summed E-state index contributed by atoms with van der Waals surface area (Å²) in [7, 11) is 0. The van der Waals surface area contributed by atoms with Gasteiger partial charge in [0, 0.05) is 19.6 Å². The number of benzene rings is 1. The van der Waals surface area contributed by atoms with Crippen molar-refractivity contribution in [1.82, 2.24) is 20.4 Å². The number of carbonyl (C=O) groups is 2. The van der Waals surface area contributed by atoms with Crippen molar-refractivity contribution in [3.05, 3.63) is 47.2 Å². The number of ether oxygens (including phenoxy) is 1. The molecule has 198 valence electrons. The molecule has 0 radical (unpaired) electrons. The van der Waals surface area contributed by atoms with Gasteiger partial charge in [-0.2, -0.15) is 5.10 Å². The second-order valence-electron chi connectivity index (χ2n) is 12.1. The van der Waals surface area contributed by atoms with Crippen LogP contribution in [-0.4, -0.2) is 52.3 Å². The summed E-state index contributed by atoms with van der Waals surface area (Å²) in [6.07, 6.45) is 1.82. The van der Waals surface area contributed by atoms with Gasteiger partial charge in [0.2, 0.25) is 5.91 Å². The van der Waals surface area contributed by atoms with Crippen LogP contribution in [0.4, 0.5) is 13.6 Å². The van der Waals surface area contributed by atoms with E-state index in [0.717, 1.165) is 18.4 Å². The lowest BCUT2D eigenvalue weighted by Gasteiger charge is -2.46. The van der Waals surface area contributed by atoms with Crippen LogP contribution in [0.5, 0.6) is 0 Å². The third-order valence-electron chi connectivity index (χ3n) is 8.43. The molecular formula is C28H34F2N4O3. The number of carbonyl (C=O) groups excluding carboxylic acids is 2. The summed E-state index contributed by atoms with van der Waals surface area (Å²) >= 11 is 0. The smallest absolute Gasteiger partial charge is 0.407 e. The van der Waals surface area contributed by atoms with E-state index in [0.29, 0.717) is 37.7 Å². The molecule has 1 saturated heterocycles. The van der Waals surface area contributed by atoms with Crippen molar-refractivity contribution in [3.8, 4) is 11.3 Å². The van der Waals surface area contributed by atoms with Crippen LogP contribution >= 0.6 is 0 Å². The number of alkyl carbamates (subject to hydrolysis) is 1. The number of aromatic nitrogens is 2. The molecule has 0 spiro atoms. The fourth-order valence-electron chi connectivity index (χ4n) is 6.54. The van der Waals surface area contributed by atoms with Crippen molar-refractivity contribution in [2.24, 2.45) is 11.3 Å². The second kappa shape index (κ2) is 8.74. The van der Waals surface area contributed by atoms with E-state index in [2.05, 4.69) is 29.4 Å². The second-order valence-corrected chi connectivity index (χ2v) is 12.1. The number of amides is 2. The van der Waals surface area contributed by atoms with Crippen molar-refractivity contribution >= 4 is 12.0 Å². The van der Waals surface area contributed by atoms with E-state index >= 15 is 0 Å². The Labute approximate surface area is 216 Å². The van der Waals surface area contributed by atoms with Gasteiger partial charge in [0.1, 0.15) is 17.2 Å². The van der Waals surface area contributed by atoms with Crippen LogP contribution < -0.4 is 5.32 Å². The average molecular weight is 513 g/mol. The van der Waals surface area contributed by atoms with E-state index in [1.54, 1.807) is 6.07 Å². The van der Waals surface area contributed by atoms with Crippen molar-refractivity contribution in [3.63, 3.8) is 0 Å². The van der Waals surface area contributed by atoms with Gasteiger partial charge in [0.25, 0.3) is 0 Å². The number of nitrogens with zero attached hydrogens (tertiary/aromatic N) is 3. The normalized spacial score (nSPS) is 24.0. The maximum atomic E-state index is 14.4. The molecular weight excluding hydrogens is 478 g/mol. The number of rotatable bonds is 5. The van der Waals surface area contributed by atoms with E-state index in [9.17, 15) is 18.4 Å². The summed E-state index contributed by atoms with van der Waals surface area (Å²) in [6, 6.07) is 5.46. The van der Waals surface area contributed by atoms with E-state index < -0.39 is 34.2 Å². The number of nitrogens with one attached hydrogen (secondary N) is 1. The highest BCUT2D eigenvalue weighted by molar-refractivity contribution is 5.92. The minimum Gasteiger partial charge on any atom is -0.444 e. The number of halogens is 2. The lowest BCUT2D eigenvalue weighted by Crippen LogP contribution is -2.59. The van der Waals surface area contributed by atoms with Gasteiger partial charge in [-0.3, -0.25) is 4.79 Å². The topological polar surface area (TPSA) is 84.4 Å². The van der Waals surface area contributed by atoms with Crippen LogP contribution in [0.2, 0.25) is 0 Å². The number of fused-ring (bicyclic) bond motifs is 5. The molecule has 5 rings (SSSR count). The minimum absolute atomic E-state index is 0.0502. The van der Waals surface area contributed by atoms with Crippen molar-refractivity contribution in [2.75, 3.05) is 19.6 Å². The highest BCUT2D eigenvalue weighted by Gasteiger charge is 2.68. The van der Waals surface area contributed by atoms with Gasteiger partial charge in [-0.25, -0.2) is 13.6 Å². The van der Waals surface area contributed by atoms with Crippen LogP contribution in [0.1, 0.15) is 71.1 Å². The molecule has 2 fully saturated rings. The molecule has 2 heterocycles. The lowest BCUT2D eigenvalue weighted by atomic mass is 9.67. The first-order valence-corrected chi connectivity index (χ1v) is 12.9. The van der Waals surface area contributed by atoms with Gasteiger partial charge < -0.3 is 15.0 Å². The maximum absolute atomic E-state index is 14.4. The van der Waals surface area contributed by atoms with Crippen molar-refractivity contribution in [2.45, 2.75) is 70.8 Å². The van der Waals surface area contributed by atoms with Crippen molar-refractivity contribution in [1.29, 1.82) is 0 Å². The quantitative estimate of drug-likeness (QED) is 0.613. The van der Waals surface area contributed by atoms with Crippen molar-refractivity contribution < 1.29 is 23.1 Å². The van der Waals surface area contributed by atoms with Gasteiger partial charge in [-0.1, -0.05) is 19.9 Å². The molecule has 37 heavy (non-hydrogen) atoms. The molecule has 1 aliphatic heterocycles. The first-order chi connectivity index (χ1) is 17.3. The lowest BCUT2D eigenvalue weighted by molar-refractivity contribution is -0.147. The molecule has 2 atom stereocenters. The third kappa shape index (κ3) is 4.07. The van der Waals surface area contributed by atoms with E-state index in [1.807, 2.05) is 25.7 Å². The Morgan fingerprint density at radius 3 is 2.49 bits per heavy atom. The van der Waals surface area contributed by atoms with E-state index in [-0.39, 0.29) is 23.1 Å². The monoisotopic (exact) mass is 512 g/mol. The number of likely N-dealkylation sites (tertiary alicyclic amines) is 1. The maximum Gasteiger partial charge on any atom is 0.407 e. The van der Waals surface area contributed by atoms with Gasteiger partial charge in [-0.05, 0) is 81.0 Å². The number of hydrogen-bond acceptors (Lipinski definition) is 5. The van der Waals surface area contributed by atoms with Gasteiger partial charge in [-0.15, -0.1) is 5.10 Å². The third-order valence-corrected chi connectivity index (χ3v) is 8.43. The summed E-state index contributed by atoms with van der Waals surface area (Å²) in [5.41, 5.74) is -0.251. The molecule has 2 aliphatic carbocycles. The molecule has 9 heteroatoms. The largest absolute Gasteiger partial charge is 0.444 e. The molecule has 1 N–H and O–H groups in total. The first kappa shape index (κ1) is 25.5. The standard InChI is InChI=1S/C28H34F2N4O3/c1-26(2,3)37-25(36)31-12-10-16-14-34(15-16)24(35)28-11-9-18(27(28,4)5)17-13-21(32-33-23(17)28)22-19(29)7-6-8-20(22)30/h6-8,13,16,18H,9-12,14-15H2,1-5H3,(H,31,36)/t18-,28?/m1/s1. The SMILES string of the molecule is CC(C)(C)OC(=O)NCCC1CN(C(=O)C23CC[C@H](c4cc(-c5c(F)cccc5F)nnc42)C3(C)C)C1. The molecule has 3 aliphatic rings. The highest BCUT2D eigenvalue weighted by atomic mass is 19.1. The van der Waals surface area contributed by atoms with Crippen LogP contribution in [0, 0.1) is 23.0 Å². The zero-order chi connectivity index (χ0) is 26.8. The Hall–Kier alpha value is -3.10. The summed E-state index contributed by atoms with van der Waals surface area (Å²) < 4.78 is 34.1. The van der Waals surface area contributed by atoms with Crippen LogP contribution in [0.15, 0.2) is 24.3 Å². The summed E-state index contributed by atoms with van der Waals surface area (Å²) in [4.78, 5) is 27.7. The van der Waals surface area contributed by atoms with E-state index in [4.69, 9.17) is 4.74 Å². The molecule has 1 unspecified atom stereocenters. The fraction of sp³-hybridized carbons (Fsp3) is 0.571. The zero-order valence-electron chi connectivity index (χ0n) is 22.0. The van der Waals surface area contributed by atoms with Crippen LogP contribution in [0.3, 0.4) is 0 Å². The van der Waals surface area contributed by atoms with Gasteiger partial charge in [0.05, 0.1) is 22.4 Å². The van der Waals surface area contributed by atoms with Gasteiger partial charge >= 0.3 is 6.09 Å². The minimum atomic E-state index is -0.800. The summed E-state index contributed by atoms with van der Waals surface area (Å²) in [5.74, 6) is -0.959. The molecule has 1 aromatic heterocycles. The van der Waals surface area contributed by atoms with Gasteiger partial charge in [0.15, 0.2) is 0 Å². The molecule has 1 aromatic carbocycles. The zero-order valence-corrected chi connectivity index (χ0v) is 22.0. The molecule has 1 saturated carbocycles. The summed E-state index contributed by atoms with van der Waals surface area (Å²) in [5, 5.41) is 11.4. The first-order valence-electron chi connectivity index (χ1n) is 12.9. The highest BCUT2D eigenvalue weighted by Crippen LogP contribution is 2.68. The Balaban J connectivity index is 1.30. The molecule has 2 aromatic rings. The van der Waals surface area contributed by atoms with Crippen LogP contribution in [-0.2, 0) is 14.9 Å². The molecule has 2 bridgehead atoms. The average Bonchev–Trinajstić information content (AvgIpc) is 3.15. The Kier molecular flexibility index (Phi) is 6.03. The summed E-state index contributed by atoms with van der Waals surface area (Å²) in [6.45, 7) is 11.4. The Bertz CT molecular complexity index is 1230. The van der Waals surface area contributed by atoms with Crippen LogP contribution in [0.25, 0.3) is 11.3 Å². The fourth-order valence-corrected chi connectivity index (χ4v) is 6.54. The molecule has 7 nitrogen and oxygen atoms in total. The predicted molar refractivity (Wildman–Crippen MR) is 134 cm³/mol. The van der Waals surface area contributed by atoms with E-state index in [1.165, 1.54) is 18.2 Å².